The average Bonchev–Trinajstić information content (AvgIpc) is 2.28. The van der Waals surface area contributed by atoms with Gasteiger partial charge in [0.1, 0.15) is 5.75 Å². The lowest BCUT2D eigenvalue weighted by molar-refractivity contribution is -0.128. The molecule has 0 saturated carbocycles. The zero-order valence-electron chi connectivity index (χ0n) is 10.9. The first-order chi connectivity index (χ1) is 8.41. The van der Waals surface area contributed by atoms with Crippen LogP contribution in [0.5, 0.6) is 5.75 Å². The maximum atomic E-state index is 11.7. The van der Waals surface area contributed by atoms with Gasteiger partial charge in [0, 0.05) is 27.1 Å². The Morgan fingerprint density at radius 1 is 1.33 bits per heavy atom. The van der Waals surface area contributed by atoms with Crippen molar-refractivity contribution in [2.24, 2.45) is 0 Å². The Morgan fingerprint density at radius 3 is 2.56 bits per heavy atom. The van der Waals surface area contributed by atoms with Crippen molar-refractivity contribution in [2.75, 3.05) is 20.6 Å². The summed E-state index contributed by atoms with van der Waals surface area (Å²) in [6.45, 7) is 2.08. The van der Waals surface area contributed by atoms with E-state index in [1.54, 1.807) is 26.2 Å². The number of nitrogens with zero attached hydrogens (tertiary/aromatic N) is 1. The van der Waals surface area contributed by atoms with Gasteiger partial charge >= 0.3 is 0 Å². The van der Waals surface area contributed by atoms with Gasteiger partial charge in [-0.1, -0.05) is 6.07 Å². The van der Waals surface area contributed by atoms with Gasteiger partial charge in [0.2, 0.25) is 5.91 Å². The van der Waals surface area contributed by atoms with Crippen molar-refractivity contribution in [3.63, 3.8) is 0 Å². The summed E-state index contributed by atoms with van der Waals surface area (Å²) >= 11 is 0. The van der Waals surface area contributed by atoms with Crippen molar-refractivity contribution in [3.8, 4) is 5.75 Å². The minimum absolute atomic E-state index is 0.0496. The van der Waals surface area contributed by atoms with Crippen LogP contribution in [0.2, 0.25) is 0 Å². The quantitative estimate of drug-likeness (QED) is 0.834. The second kappa shape index (κ2) is 6.05. The SMILES string of the molecule is Cc1ccc(C(=O)NCCC(=O)N(C)C)c(O)c1. The molecule has 0 aromatic heterocycles. The molecule has 0 radical (unpaired) electrons. The number of carbonyl (C=O) groups is 2. The molecular formula is C13H18N2O3. The van der Waals surface area contributed by atoms with Crippen LogP contribution < -0.4 is 5.32 Å². The molecule has 0 fully saturated rings. The van der Waals surface area contributed by atoms with Crippen LogP contribution in [0.4, 0.5) is 0 Å². The summed E-state index contributed by atoms with van der Waals surface area (Å²) in [5.74, 6) is -0.478. The van der Waals surface area contributed by atoms with Crippen LogP contribution in [0, 0.1) is 6.92 Å². The molecule has 0 saturated heterocycles. The monoisotopic (exact) mass is 250 g/mol. The summed E-state index contributed by atoms with van der Waals surface area (Å²) in [7, 11) is 3.33. The topological polar surface area (TPSA) is 69.6 Å². The van der Waals surface area contributed by atoms with Crippen molar-refractivity contribution in [1.82, 2.24) is 10.2 Å². The smallest absolute Gasteiger partial charge is 0.255 e. The van der Waals surface area contributed by atoms with Gasteiger partial charge in [0.05, 0.1) is 5.56 Å². The predicted molar refractivity (Wildman–Crippen MR) is 68.5 cm³/mol. The molecule has 0 bridgehead atoms. The van der Waals surface area contributed by atoms with Crippen LogP contribution in [0.15, 0.2) is 18.2 Å². The van der Waals surface area contributed by atoms with E-state index < -0.39 is 0 Å². The van der Waals surface area contributed by atoms with Gasteiger partial charge < -0.3 is 15.3 Å². The molecule has 0 aliphatic carbocycles. The van der Waals surface area contributed by atoms with Crippen molar-refractivity contribution in [1.29, 1.82) is 0 Å². The van der Waals surface area contributed by atoms with Gasteiger partial charge in [0.25, 0.3) is 5.91 Å². The number of aromatic hydroxyl groups is 1. The van der Waals surface area contributed by atoms with Gasteiger partial charge in [-0.15, -0.1) is 0 Å². The normalized spacial score (nSPS) is 9.94. The molecule has 0 spiro atoms. The Bertz CT molecular complexity index is 456. The third kappa shape index (κ3) is 3.76. The Morgan fingerprint density at radius 2 is 2.00 bits per heavy atom. The number of aryl methyl sites for hydroxylation is 1. The number of hydrogen-bond acceptors (Lipinski definition) is 3. The summed E-state index contributed by atoms with van der Waals surface area (Å²) in [4.78, 5) is 24.5. The van der Waals surface area contributed by atoms with Crippen LogP contribution in [0.1, 0.15) is 22.3 Å². The maximum Gasteiger partial charge on any atom is 0.255 e. The molecule has 0 aliphatic rings. The van der Waals surface area contributed by atoms with Crippen LogP contribution in [0.25, 0.3) is 0 Å². The number of nitrogens with one attached hydrogen (secondary N) is 1. The average molecular weight is 250 g/mol. The fourth-order valence-corrected chi connectivity index (χ4v) is 1.44. The highest BCUT2D eigenvalue weighted by atomic mass is 16.3. The largest absolute Gasteiger partial charge is 0.507 e. The number of carbonyl (C=O) groups excluding carboxylic acids is 2. The van der Waals surface area contributed by atoms with Crippen LogP contribution >= 0.6 is 0 Å². The molecule has 1 aromatic carbocycles. The van der Waals surface area contributed by atoms with Crippen LogP contribution in [0.3, 0.4) is 0 Å². The minimum Gasteiger partial charge on any atom is -0.507 e. The van der Waals surface area contributed by atoms with Crippen molar-refractivity contribution in [3.05, 3.63) is 29.3 Å². The lowest BCUT2D eigenvalue weighted by Crippen LogP contribution is -2.30. The van der Waals surface area contributed by atoms with Gasteiger partial charge in [-0.2, -0.15) is 0 Å². The number of hydrogen-bond donors (Lipinski definition) is 2. The van der Waals surface area contributed by atoms with Crippen LogP contribution in [-0.4, -0.2) is 42.5 Å². The lowest BCUT2D eigenvalue weighted by Gasteiger charge is -2.11. The molecule has 0 atom stereocenters. The standard InChI is InChI=1S/C13H18N2O3/c1-9-4-5-10(11(16)8-9)13(18)14-7-6-12(17)15(2)3/h4-5,8,16H,6-7H2,1-3H3,(H,14,18). The lowest BCUT2D eigenvalue weighted by atomic mass is 10.1. The van der Waals surface area contributed by atoms with E-state index in [-0.39, 0.29) is 36.1 Å². The van der Waals surface area contributed by atoms with E-state index in [4.69, 9.17) is 0 Å². The summed E-state index contributed by atoms with van der Waals surface area (Å²) in [5, 5.41) is 12.2. The van der Waals surface area contributed by atoms with E-state index in [0.717, 1.165) is 5.56 Å². The highest BCUT2D eigenvalue weighted by molar-refractivity contribution is 5.97. The molecule has 0 unspecified atom stereocenters. The minimum atomic E-state index is -0.376. The Balaban J connectivity index is 2.53. The highest BCUT2D eigenvalue weighted by Gasteiger charge is 2.11. The first-order valence-electron chi connectivity index (χ1n) is 5.70. The zero-order valence-corrected chi connectivity index (χ0v) is 10.9. The van der Waals surface area contributed by atoms with Gasteiger partial charge in [-0.3, -0.25) is 9.59 Å². The molecule has 0 aliphatic heterocycles. The van der Waals surface area contributed by atoms with E-state index in [9.17, 15) is 14.7 Å². The number of phenols is 1. The molecule has 2 amide bonds. The molecule has 1 aromatic rings. The fraction of sp³-hybridized carbons (Fsp3) is 0.385. The summed E-state index contributed by atoms with van der Waals surface area (Å²) in [6.07, 6.45) is 0.241. The second-order valence-corrected chi connectivity index (χ2v) is 4.31. The molecule has 18 heavy (non-hydrogen) atoms. The van der Waals surface area contributed by atoms with Gasteiger partial charge in [0.15, 0.2) is 0 Å². The van der Waals surface area contributed by atoms with E-state index in [1.807, 2.05) is 6.92 Å². The maximum absolute atomic E-state index is 11.7. The predicted octanol–water partition coefficient (Wildman–Crippen LogP) is 0.909. The zero-order chi connectivity index (χ0) is 13.7. The van der Waals surface area contributed by atoms with Crippen molar-refractivity contribution < 1.29 is 14.7 Å². The fourth-order valence-electron chi connectivity index (χ4n) is 1.44. The second-order valence-electron chi connectivity index (χ2n) is 4.31. The highest BCUT2D eigenvalue weighted by Crippen LogP contribution is 2.17. The van der Waals surface area contributed by atoms with Gasteiger partial charge in [-0.05, 0) is 24.6 Å². The molecule has 98 valence electrons. The number of rotatable bonds is 4. The molecule has 0 heterocycles. The molecule has 2 N–H and O–H groups in total. The Labute approximate surface area is 106 Å². The number of amides is 2. The number of phenolic OH excluding ortho intramolecular Hbond substituents is 1. The van der Waals surface area contributed by atoms with E-state index in [0.29, 0.717) is 0 Å². The first-order valence-corrected chi connectivity index (χ1v) is 5.70. The first kappa shape index (κ1) is 14.0. The molecular weight excluding hydrogens is 232 g/mol. The van der Waals surface area contributed by atoms with E-state index >= 15 is 0 Å². The summed E-state index contributed by atoms with van der Waals surface area (Å²) in [6, 6.07) is 4.84. The molecule has 5 heteroatoms. The Hall–Kier alpha value is -2.04. The summed E-state index contributed by atoms with van der Waals surface area (Å²) < 4.78 is 0. The van der Waals surface area contributed by atoms with Crippen LogP contribution in [-0.2, 0) is 4.79 Å². The number of benzene rings is 1. The van der Waals surface area contributed by atoms with Crippen molar-refractivity contribution >= 4 is 11.8 Å². The third-order valence-corrected chi connectivity index (χ3v) is 2.52. The summed E-state index contributed by atoms with van der Waals surface area (Å²) in [5.41, 5.74) is 1.10. The Kier molecular flexibility index (Phi) is 4.71. The van der Waals surface area contributed by atoms with E-state index in [2.05, 4.69) is 5.32 Å². The third-order valence-electron chi connectivity index (χ3n) is 2.52. The molecule has 5 nitrogen and oxygen atoms in total. The molecule has 1 rings (SSSR count). The van der Waals surface area contributed by atoms with Crippen molar-refractivity contribution in [2.45, 2.75) is 13.3 Å². The van der Waals surface area contributed by atoms with E-state index in [1.165, 1.54) is 11.0 Å². The van der Waals surface area contributed by atoms with Gasteiger partial charge in [-0.25, -0.2) is 0 Å².